The van der Waals surface area contributed by atoms with Crippen molar-refractivity contribution in [3.8, 4) is 0 Å². The molecule has 0 aromatic heterocycles. The zero-order chi connectivity index (χ0) is 14.5. The molecule has 0 unspecified atom stereocenters. The first-order valence-electron chi connectivity index (χ1n) is 6.68. The number of amides is 1. The summed E-state index contributed by atoms with van der Waals surface area (Å²) in [4.78, 5) is 17.3. The van der Waals surface area contributed by atoms with Gasteiger partial charge in [0.05, 0.1) is 19.3 Å². The van der Waals surface area contributed by atoms with Crippen molar-refractivity contribution >= 4 is 5.91 Å². The number of hydroxylamine groups is 3. The molecule has 20 heavy (non-hydrogen) atoms. The maximum absolute atomic E-state index is 11.6. The van der Waals surface area contributed by atoms with Gasteiger partial charge in [0.25, 0.3) is 5.91 Å². The van der Waals surface area contributed by atoms with Crippen LogP contribution in [0.1, 0.15) is 24.0 Å². The van der Waals surface area contributed by atoms with Gasteiger partial charge in [0.15, 0.2) is 0 Å². The van der Waals surface area contributed by atoms with Crippen LogP contribution in [-0.4, -0.2) is 40.0 Å². The van der Waals surface area contributed by atoms with Gasteiger partial charge < -0.3 is 5.11 Å². The number of piperidine rings is 1. The zero-order valence-electron chi connectivity index (χ0n) is 11.5. The molecule has 1 saturated heterocycles. The molecule has 1 amide bonds. The van der Waals surface area contributed by atoms with Gasteiger partial charge in [0, 0.05) is 0 Å². The van der Waals surface area contributed by atoms with Gasteiger partial charge >= 0.3 is 0 Å². The number of rotatable bonds is 4. The van der Waals surface area contributed by atoms with E-state index >= 15 is 0 Å². The highest BCUT2D eigenvalue weighted by Gasteiger charge is 2.33. The molecule has 1 aliphatic rings. The number of carbonyl (C=O) groups is 1. The molecular formula is C14H20N2O4. The highest BCUT2D eigenvalue weighted by Crippen LogP contribution is 2.19. The molecule has 6 nitrogen and oxygen atoms in total. The number of aryl methyl sites for hydroxylation is 1. The highest BCUT2D eigenvalue weighted by atomic mass is 16.7. The molecule has 0 radical (unpaired) electrons. The number of hydrogen-bond donors (Lipinski definition) is 3. The summed E-state index contributed by atoms with van der Waals surface area (Å²) in [6, 6.07) is 7.24. The number of benzene rings is 1. The first-order valence-corrected chi connectivity index (χ1v) is 6.68. The summed E-state index contributed by atoms with van der Waals surface area (Å²) < 4.78 is 0. The van der Waals surface area contributed by atoms with Crippen molar-refractivity contribution in [2.75, 3.05) is 6.54 Å². The van der Waals surface area contributed by atoms with E-state index in [2.05, 4.69) is 0 Å². The Morgan fingerprint density at radius 1 is 1.45 bits per heavy atom. The van der Waals surface area contributed by atoms with Gasteiger partial charge in [-0.25, -0.2) is 5.48 Å². The monoisotopic (exact) mass is 280 g/mol. The van der Waals surface area contributed by atoms with Crippen molar-refractivity contribution in [2.24, 2.45) is 0 Å². The van der Waals surface area contributed by atoms with Crippen molar-refractivity contribution in [2.45, 2.75) is 38.5 Å². The van der Waals surface area contributed by atoms with Gasteiger partial charge in [-0.05, 0) is 30.9 Å². The lowest BCUT2D eigenvalue weighted by Gasteiger charge is -2.35. The highest BCUT2D eigenvalue weighted by molar-refractivity contribution is 5.80. The molecule has 1 aliphatic heterocycles. The second kappa shape index (κ2) is 6.81. The first-order chi connectivity index (χ1) is 9.61. The Kier molecular flexibility index (Phi) is 5.08. The lowest BCUT2D eigenvalue weighted by atomic mass is 10.0. The Labute approximate surface area is 117 Å². The van der Waals surface area contributed by atoms with Crippen LogP contribution >= 0.6 is 0 Å². The van der Waals surface area contributed by atoms with E-state index in [-0.39, 0.29) is 6.54 Å². The lowest BCUT2D eigenvalue weighted by Crippen LogP contribution is -2.52. The third-order valence-corrected chi connectivity index (χ3v) is 3.57. The molecule has 1 aromatic carbocycles. The van der Waals surface area contributed by atoms with Crippen molar-refractivity contribution in [3.05, 3.63) is 35.4 Å². The third-order valence-electron chi connectivity index (χ3n) is 3.57. The van der Waals surface area contributed by atoms with Crippen LogP contribution in [0.2, 0.25) is 0 Å². The van der Waals surface area contributed by atoms with E-state index in [0.717, 1.165) is 11.1 Å². The van der Waals surface area contributed by atoms with E-state index in [0.29, 0.717) is 19.4 Å². The molecule has 0 bridgehead atoms. The third kappa shape index (κ3) is 3.55. The summed E-state index contributed by atoms with van der Waals surface area (Å²) in [7, 11) is 0. The van der Waals surface area contributed by atoms with Gasteiger partial charge in [-0.3, -0.25) is 14.8 Å². The molecule has 3 N–H and O–H groups in total. The number of carbonyl (C=O) groups excluding carboxylic acids is 1. The molecule has 2 atom stereocenters. The Bertz CT molecular complexity index is 466. The van der Waals surface area contributed by atoms with Crippen molar-refractivity contribution < 1.29 is 19.9 Å². The van der Waals surface area contributed by atoms with Crippen LogP contribution in [0.25, 0.3) is 0 Å². The quantitative estimate of drug-likeness (QED) is 0.560. The van der Waals surface area contributed by atoms with Crippen molar-refractivity contribution in [1.29, 1.82) is 0 Å². The molecule has 6 heteroatoms. The van der Waals surface area contributed by atoms with Gasteiger partial charge in [-0.15, -0.1) is 0 Å². The first kappa shape index (κ1) is 14.9. The lowest BCUT2D eigenvalue weighted by molar-refractivity contribution is -0.224. The Morgan fingerprint density at radius 3 is 2.90 bits per heavy atom. The fourth-order valence-corrected chi connectivity index (χ4v) is 2.32. The number of aliphatic hydroxyl groups is 1. The van der Waals surface area contributed by atoms with E-state index in [1.165, 1.54) is 5.06 Å². The summed E-state index contributed by atoms with van der Waals surface area (Å²) in [6.45, 7) is 2.57. The minimum Gasteiger partial charge on any atom is -0.392 e. The van der Waals surface area contributed by atoms with Gasteiger partial charge in [0.1, 0.15) is 6.04 Å². The van der Waals surface area contributed by atoms with Crippen molar-refractivity contribution in [1.82, 2.24) is 10.5 Å². The van der Waals surface area contributed by atoms with Gasteiger partial charge in [-0.2, -0.15) is 5.06 Å². The molecule has 1 aromatic rings. The summed E-state index contributed by atoms with van der Waals surface area (Å²) in [5.74, 6) is -0.512. The number of hydrogen-bond acceptors (Lipinski definition) is 5. The molecule has 0 saturated carbocycles. The van der Waals surface area contributed by atoms with Gasteiger partial charge in [0.2, 0.25) is 0 Å². The number of nitrogens with one attached hydrogen (secondary N) is 1. The fourth-order valence-electron chi connectivity index (χ4n) is 2.32. The predicted molar refractivity (Wildman–Crippen MR) is 71.6 cm³/mol. The van der Waals surface area contributed by atoms with Crippen LogP contribution in [0.5, 0.6) is 0 Å². The van der Waals surface area contributed by atoms with Crippen LogP contribution in [0.3, 0.4) is 0 Å². The average Bonchev–Trinajstić information content (AvgIpc) is 2.46. The number of β-amino-alcohol motifs (C(OH)–C–C–N with tert-alkyl or cyclic N) is 1. The van der Waals surface area contributed by atoms with Crippen molar-refractivity contribution in [3.63, 3.8) is 0 Å². The molecule has 110 valence electrons. The number of nitrogens with zero attached hydrogens (tertiary/aromatic N) is 1. The maximum atomic E-state index is 11.6. The Balaban J connectivity index is 2.01. The van der Waals surface area contributed by atoms with Crippen LogP contribution in [-0.2, 0) is 16.2 Å². The largest absolute Gasteiger partial charge is 0.392 e. The summed E-state index contributed by atoms with van der Waals surface area (Å²) in [5, 5.41) is 19.9. The van der Waals surface area contributed by atoms with Gasteiger partial charge in [-0.1, -0.05) is 24.3 Å². The molecule has 0 spiro atoms. The maximum Gasteiger partial charge on any atom is 0.263 e. The molecule has 1 heterocycles. The minimum atomic E-state index is -0.576. The topological polar surface area (TPSA) is 82.0 Å². The summed E-state index contributed by atoms with van der Waals surface area (Å²) >= 11 is 0. The zero-order valence-corrected chi connectivity index (χ0v) is 11.5. The van der Waals surface area contributed by atoms with Crippen LogP contribution < -0.4 is 5.48 Å². The minimum absolute atomic E-state index is 0.254. The summed E-state index contributed by atoms with van der Waals surface area (Å²) in [6.07, 6.45) is 0.443. The number of aliphatic hydroxyl groups excluding tert-OH is 1. The Morgan fingerprint density at radius 2 is 2.20 bits per heavy atom. The SMILES string of the molecule is Cc1ccccc1CON1C[C@H](O)CC[C@@H]1C(=O)NO. The second-order valence-corrected chi connectivity index (χ2v) is 5.02. The second-order valence-electron chi connectivity index (χ2n) is 5.02. The standard InChI is InChI=1S/C14H20N2O4/c1-10-4-2-3-5-11(10)9-20-16-8-12(17)6-7-13(16)14(18)15-19/h2-5,12-13,17,19H,6-9H2,1H3,(H,15,18)/t12-,13-/m1/s1. The van der Waals surface area contributed by atoms with Crippen LogP contribution in [0.15, 0.2) is 24.3 Å². The smallest absolute Gasteiger partial charge is 0.263 e. The molecule has 0 aliphatic carbocycles. The van der Waals surface area contributed by atoms with E-state index < -0.39 is 18.1 Å². The van der Waals surface area contributed by atoms with E-state index in [4.69, 9.17) is 10.0 Å². The fraction of sp³-hybridized carbons (Fsp3) is 0.500. The molecule has 2 rings (SSSR count). The van der Waals surface area contributed by atoms with E-state index in [9.17, 15) is 9.90 Å². The predicted octanol–water partition coefficient (Wildman–Crippen LogP) is 0.757. The Hall–Kier alpha value is -1.47. The average molecular weight is 280 g/mol. The van der Waals surface area contributed by atoms with E-state index in [1.54, 1.807) is 5.48 Å². The summed E-state index contributed by atoms with van der Waals surface area (Å²) in [5.41, 5.74) is 3.78. The molecular weight excluding hydrogens is 260 g/mol. The normalized spacial score (nSPS) is 23.6. The van der Waals surface area contributed by atoms with Crippen LogP contribution in [0.4, 0.5) is 0 Å². The molecule has 1 fully saturated rings. The van der Waals surface area contributed by atoms with E-state index in [1.807, 2.05) is 31.2 Å². The van der Waals surface area contributed by atoms with Crippen LogP contribution in [0, 0.1) is 6.92 Å².